The number of aromatic nitrogens is 1. The lowest BCUT2D eigenvalue weighted by molar-refractivity contribution is -0.697. The third kappa shape index (κ3) is 19.2. The summed E-state index contributed by atoms with van der Waals surface area (Å²) in [4.78, 5) is 0. The van der Waals surface area contributed by atoms with E-state index in [4.69, 9.17) is 13.0 Å². The molecule has 0 spiro atoms. The number of aryl methyl sites for hydroxylation is 2. The van der Waals surface area contributed by atoms with Gasteiger partial charge in [0.15, 0.2) is 12.4 Å². The van der Waals surface area contributed by atoms with Crippen LogP contribution in [0.5, 0.6) is 0 Å². The van der Waals surface area contributed by atoms with Gasteiger partial charge in [-0.1, -0.05) is 58.8 Å². The van der Waals surface area contributed by atoms with Crippen LogP contribution in [0.2, 0.25) is 0 Å². The molecule has 0 saturated carbocycles. The van der Waals surface area contributed by atoms with Crippen LogP contribution in [0.3, 0.4) is 0 Å². The molecule has 0 aromatic carbocycles. The van der Waals surface area contributed by atoms with Gasteiger partial charge in [-0.2, -0.15) is 0 Å². The molecular formula is C20H37NO3S. The van der Waals surface area contributed by atoms with E-state index in [0.717, 1.165) is 0 Å². The highest BCUT2D eigenvalue weighted by molar-refractivity contribution is 7.84. The highest BCUT2D eigenvalue weighted by atomic mass is 32.2. The molecule has 5 heteroatoms. The van der Waals surface area contributed by atoms with Crippen LogP contribution in [0, 0.1) is 0 Å². The summed E-state index contributed by atoms with van der Waals surface area (Å²) < 4.78 is 29.6. The number of nitrogens with zero attached hydrogens (tertiary/aromatic N) is 1. The fraction of sp³-hybridized carbons (Fsp3) is 0.750. The molecule has 0 saturated heterocycles. The van der Waals surface area contributed by atoms with E-state index < -0.39 is 10.1 Å². The highest BCUT2D eigenvalue weighted by Crippen LogP contribution is 2.08. The van der Waals surface area contributed by atoms with Crippen molar-refractivity contribution in [2.45, 2.75) is 91.0 Å². The lowest BCUT2D eigenvalue weighted by Crippen LogP contribution is -2.33. The van der Waals surface area contributed by atoms with Crippen molar-refractivity contribution in [3.63, 3.8) is 0 Å². The molecule has 1 heterocycles. The topological polar surface area (TPSA) is 61.1 Å². The molecule has 0 atom stereocenters. The molecule has 4 nitrogen and oxygen atoms in total. The smallest absolute Gasteiger partial charge is 0.171 e. The Morgan fingerprint density at radius 2 is 1.44 bits per heavy atom. The van der Waals surface area contributed by atoms with Gasteiger partial charge in [0.2, 0.25) is 0 Å². The van der Waals surface area contributed by atoms with Gasteiger partial charge >= 0.3 is 0 Å². The maximum absolute atomic E-state index is 9.08. The maximum atomic E-state index is 9.08. The zero-order valence-electron chi connectivity index (χ0n) is 16.4. The Bertz CT molecular complexity index is 521. The minimum Gasteiger partial charge on any atom is -0.748 e. The van der Waals surface area contributed by atoms with E-state index in [1.165, 1.54) is 82.7 Å². The van der Waals surface area contributed by atoms with Gasteiger partial charge in [-0.15, -0.1) is 0 Å². The second-order valence-corrected chi connectivity index (χ2v) is 8.14. The number of rotatable bonds is 12. The molecule has 0 aliphatic rings. The van der Waals surface area contributed by atoms with E-state index in [1.54, 1.807) is 0 Å². The van der Waals surface area contributed by atoms with Crippen LogP contribution in [0.1, 0.15) is 83.6 Å². The van der Waals surface area contributed by atoms with Crippen molar-refractivity contribution in [2.75, 3.05) is 6.26 Å². The SMILES string of the molecule is CCCCCCCCCC[n+]1cccc(CCCC)c1.CS(=O)(=O)[O-]. The molecule has 0 fully saturated rings. The van der Waals surface area contributed by atoms with Crippen LogP contribution in [-0.2, 0) is 23.1 Å². The van der Waals surface area contributed by atoms with Gasteiger partial charge in [0.25, 0.3) is 0 Å². The van der Waals surface area contributed by atoms with Gasteiger partial charge in [-0.25, -0.2) is 13.0 Å². The van der Waals surface area contributed by atoms with Crippen molar-refractivity contribution < 1.29 is 17.5 Å². The summed E-state index contributed by atoms with van der Waals surface area (Å²) in [6, 6.07) is 4.47. The first-order valence-corrected chi connectivity index (χ1v) is 11.6. The Morgan fingerprint density at radius 1 is 0.920 bits per heavy atom. The van der Waals surface area contributed by atoms with Crippen LogP contribution < -0.4 is 4.57 Å². The summed E-state index contributed by atoms with van der Waals surface area (Å²) >= 11 is 0. The first-order chi connectivity index (χ1) is 11.9. The molecular weight excluding hydrogens is 334 g/mol. The normalized spacial score (nSPS) is 11.0. The monoisotopic (exact) mass is 371 g/mol. The largest absolute Gasteiger partial charge is 0.748 e. The molecule has 25 heavy (non-hydrogen) atoms. The average Bonchev–Trinajstić information content (AvgIpc) is 2.54. The Kier molecular flexibility index (Phi) is 14.7. The van der Waals surface area contributed by atoms with E-state index in [-0.39, 0.29) is 0 Å². The molecule has 0 aliphatic heterocycles. The summed E-state index contributed by atoms with van der Waals surface area (Å²) in [5.74, 6) is 0. The molecule has 0 unspecified atom stereocenters. The standard InChI is InChI=1S/C19H34N.CH4O3S/c1-3-5-7-8-9-10-11-12-16-20-17-13-15-19(18-20)14-6-4-2;1-5(2,3)4/h13,15,17-18H,3-12,14,16H2,1-2H3;1H3,(H,2,3,4)/q+1;/p-1. The van der Waals surface area contributed by atoms with Crippen molar-refractivity contribution in [1.29, 1.82) is 0 Å². The fourth-order valence-corrected chi connectivity index (χ4v) is 2.67. The van der Waals surface area contributed by atoms with Crippen molar-refractivity contribution in [3.8, 4) is 0 Å². The Labute approximate surface area is 155 Å². The van der Waals surface area contributed by atoms with E-state index in [0.29, 0.717) is 6.26 Å². The molecule has 0 radical (unpaired) electrons. The second-order valence-electron chi connectivity index (χ2n) is 6.73. The summed E-state index contributed by atoms with van der Waals surface area (Å²) in [6.45, 7) is 5.73. The van der Waals surface area contributed by atoms with E-state index in [1.807, 2.05) is 0 Å². The number of hydrogen-bond acceptors (Lipinski definition) is 3. The summed E-state index contributed by atoms with van der Waals surface area (Å²) in [7, 11) is -3.92. The quantitative estimate of drug-likeness (QED) is 0.306. The third-order valence-corrected chi connectivity index (χ3v) is 4.01. The number of pyridine rings is 1. The van der Waals surface area contributed by atoms with E-state index in [2.05, 4.69) is 42.9 Å². The lowest BCUT2D eigenvalue weighted by Gasteiger charge is -2.02. The Morgan fingerprint density at radius 3 is 2.00 bits per heavy atom. The van der Waals surface area contributed by atoms with Crippen molar-refractivity contribution in [1.82, 2.24) is 0 Å². The molecule has 1 aromatic heterocycles. The summed E-state index contributed by atoms with van der Waals surface area (Å²) in [5, 5.41) is 0. The van der Waals surface area contributed by atoms with Gasteiger partial charge in [0.1, 0.15) is 6.54 Å². The minimum absolute atomic E-state index is 0.604. The fourth-order valence-electron chi connectivity index (χ4n) is 2.67. The van der Waals surface area contributed by atoms with Crippen LogP contribution in [0.4, 0.5) is 0 Å². The first-order valence-electron chi connectivity index (χ1n) is 9.75. The summed E-state index contributed by atoms with van der Waals surface area (Å²) in [5.41, 5.74) is 1.49. The van der Waals surface area contributed by atoms with Crippen LogP contribution >= 0.6 is 0 Å². The average molecular weight is 372 g/mol. The zero-order chi connectivity index (χ0) is 19.0. The van der Waals surface area contributed by atoms with Gasteiger partial charge in [-0.05, 0) is 25.3 Å². The highest BCUT2D eigenvalue weighted by Gasteiger charge is 2.02. The second kappa shape index (κ2) is 15.3. The van der Waals surface area contributed by atoms with Gasteiger partial charge in [-0.3, -0.25) is 0 Å². The predicted molar refractivity (Wildman–Crippen MR) is 103 cm³/mol. The minimum atomic E-state index is -3.92. The third-order valence-electron chi connectivity index (χ3n) is 4.01. The van der Waals surface area contributed by atoms with Crippen molar-refractivity contribution in [3.05, 3.63) is 30.1 Å². The van der Waals surface area contributed by atoms with Crippen molar-refractivity contribution in [2.24, 2.45) is 0 Å². The Balaban J connectivity index is 0.00000101. The predicted octanol–water partition coefficient (Wildman–Crippen LogP) is 4.62. The van der Waals surface area contributed by atoms with Gasteiger partial charge in [0.05, 0.1) is 10.1 Å². The van der Waals surface area contributed by atoms with Crippen LogP contribution in [0.25, 0.3) is 0 Å². The number of hydrogen-bond donors (Lipinski definition) is 0. The molecule has 146 valence electrons. The molecule has 1 aromatic rings. The van der Waals surface area contributed by atoms with Crippen LogP contribution in [0.15, 0.2) is 24.5 Å². The van der Waals surface area contributed by atoms with Gasteiger partial charge < -0.3 is 4.55 Å². The molecule has 0 bridgehead atoms. The van der Waals surface area contributed by atoms with Gasteiger partial charge in [0, 0.05) is 24.3 Å². The summed E-state index contributed by atoms with van der Waals surface area (Å²) in [6.07, 6.45) is 20.2. The molecule has 0 aliphatic carbocycles. The van der Waals surface area contributed by atoms with Crippen LogP contribution in [-0.4, -0.2) is 19.2 Å². The van der Waals surface area contributed by atoms with E-state index in [9.17, 15) is 0 Å². The zero-order valence-corrected chi connectivity index (χ0v) is 17.2. The number of unbranched alkanes of at least 4 members (excludes halogenated alkanes) is 8. The first kappa shape index (κ1) is 24.1. The van der Waals surface area contributed by atoms with E-state index >= 15 is 0 Å². The Hall–Kier alpha value is -0.940. The molecule has 1 rings (SSSR count). The maximum Gasteiger partial charge on any atom is 0.171 e. The molecule has 0 amide bonds. The molecule has 0 N–H and O–H groups in total. The lowest BCUT2D eigenvalue weighted by atomic mass is 10.1. The van der Waals surface area contributed by atoms with Crippen molar-refractivity contribution >= 4 is 10.1 Å².